The molecule has 1 atom stereocenters. The number of fused-ring (bicyclic) bond motifs is 1. The highest BCUT2D eigenvalue weighted by molar-refractivity contribution is 7.21. The molecule has 0 spiro atoms. The second-order valence-corrected chi connectivity index (χ2v) is 6.54. The lowest BCUT2D eigenvalue weighted by atomic mass is 9.99. The van der Waals surface area contributed by atoms with Crippen LogP contribution >= 0.6 is 11.3 Å². The van der Waals surface area contributed by atoms with E-state index in [0.717, 1.165) is 11.3 Å². The van der Waals surface area contributed by atoms with Crippen molar-refractivity contribution in [3.8, 4) is 0 Å². The lowest BCUT2D eigenvalue weighted by molar-refractivity contribution is -0.118. The van der Waals surface area contributed by atoms with Gasteiger partial charge in [0.15, 0.2) is 0 Å². The van der Waals surface area contributed by atoms with Gasteiger partial charge in [-0.1, -0.05) is 39.8 Å². The molecule has 1 amide bonds. The fraction of sp³-hybridized carbons (Fsp3) is 0.391. The molecular weight excluding hydrogens is 428 g/mol. The highest BCUT2D eigenvalue weighted by Gasteiger charge is 2.25. The highest BCUT2D eigenvalue weighted by Crippen LogP contribution is 2.34. The van der Waals surface area contributed by atoms with Gasteiger partial charge in [0.2, 0.25) is 5.91 Å². The molecule has 0 aliphatic heterocycles. The Morgan fingerprint density at radius 1 is 1.19 bits per heavy atom. The monoisotopic (exact) mass is 462 g/mol. The van der Waals surface area contributed by atoms with Crippen molar-refractivity contribution in [3.05, 3.63) is 53.5 Å². The zero-order valence-corrected chi connectivity index (χ0v) is 20.7. The Bertz CT molecular complexity index is 931. The summed E-state index contributed by atoms with van der Waals surface area (Å²) < 4.78 is 9.95. The first-order valence-electron chi connectivity index (χ1n) is 10.4. The number of hydrogen-bond acceptors (Lipinski definition) is 8. The van der Waals surface area contributed by atoms with Crippen LogP contribution in [0.4, 0.5) is 5.69 Å². The summed E-state index contributed by atoms with van der Waals surface area (Å²) in [4.78, 5) is 33.8. The van der Waals surface area contributed by atoms with Gasteiger partial charge in [0.25, 0.3) is 0 Å². The van der Waals surface area contributed by atoms with Gasteiger partial charge in [-0.25, -0.2) is 14.8 Å². The number of ether oxygens (including phenoxy) is 2. The van der Waals surface area contributed by atoms with E-state index in [4.69, 9.17) is 15.2 Å². The predicted molar refractivity (Wildman–Crippen MR) is 131 cm³/mol. The lowest BCUT2D eigenvalue weighted by Crippen LogP contribution is -2.23. The van der Waals surface area contributed by atoms with Gasteiger partial charge in [0, 0.05) is 12.4 Å². The summed E-state index contributed by atoms with van der Waals surface area (Å²) in [7, 11) is 2.84. The maximum atomic E-state index is 12.6. The van der Waals surface area contributed by atoms with Crippen LogP contribution in [0.15, 0.2) is 48.7 Å². The first-order chi connectivity index (χ1) is 15.5. The highest BCUT2D eigenvalue weighted by atomic mass is 32.1. The van der Waals surface area contributed by atoms with Crippen LogP contribution in [-0.4, -0.2) is 36.1 Å². The average molecular weight is 463 g/mol. The normalized spacial score (nSPS) is 14.0. The summed E-state index contributed by atoms with van der Waals surface area (Å²) >= 11 is 1.13. The van der Waals surface area contributed by atoms with E-state index in [0.29, 0.717) is 28.2 Å². The van der Waals surface area contributed by atoms with Crippen LogP contribution in [0, 0.1) is 5.92 Å². The molecule has 0 bridgehead atoms. The maximum Gasteiger partial charge on any atom is 0.350 e. The van der Waals surface area contributed by atoms with Gasteiger partial charge in [-0.15, -0.1) is 11.3 Å². The Hall–Kier alpha value is -3.20. The smallest absolute Gasteiger partial charge is 0.350 e. The minimum Gasteiger partial charge on any atom is -0.497 e. The van der Waals surface area contributed by atoms with Gasteiger partial charge >= 0.3 is 5.97 Å². The first kappa shape index (κ1) is 28.8. The van der Waals surface area contributed by atoms with E-state index in [1.807, 2.05) is 46.8 Å². The SMILES string of the molecule is C/C=C\N.CC.CC.COC(=O)c1sc2nccnc2c1NC(=O)C1C=C(OC)C=CC1. The number of carbonyl (C=O) groups excluding carboxylic acids is 2. The number of carbonyl (C=O) groups is 2. The van der Waals surface area contributed by atoms with Gasteiger partial charge in [0.1, 0.15) is 21.0 Å². The van der Waals surface area contributed by atoms with Gasteiger partial charge in [0.05, 0.1) is 25.8 Å². The Kier molecular flexibility index (Phi) is 14.8. The topological polar surface area (TPSA) is 116 Å². The van der Waals surface area contributed by atoms with Crippen molar-refractivity contribution in [1.29, 1.82) is 0 Å². The Labute approximate surface area is 194 Å². The van der Waals surface area contributed by atoms with Crippen molar-refractivity contribution in [1.82, 2.24) is 9.97 Å². The lowest BCUT2D eigenvalue weighted by Gasteiger charge is -2.16. The first-order valence-corrected chi connectivity index (χ1v) is 11.2. The number of rotatable bonds is 4. The number of amides is 1. The molecule has 8 nitrogen and oxygen atoms in total. The molecule has 2 heterocycles. The molecule has 0 saturated heterocycles. The molecule has 32 heavy (non-hydrogen) atoms. The van der Waals surface area contributed by atoms with Gasteiger partial charge in [-0.3, -0.25) is 4.79 Å². The molecule has 0 radical (unpaired) electrons. The number of nitrogens with one attached hydrogen (secondary N) is 1. The minimum absolute atomic E-state index is 0.246. The summed E-state index contributed by atoms with van der Waals surface area (Å²) in [5, 5.41) is 2.80. The predicted octanol–water partition coefficient (Wildman–Crippen LogP) is 5.05. The number of nitrogens with two attached hydrogens (primary N) is 1. The third-order valence-corrected chi connectivity index (χ3v) is 4.82. The number of hydrogen-bond donors (Lipinski definition) is 2. The fourth-order valence-corrected chi connectivity index (χ4v) is 3.34. The molecule has 0 aromatic carbocycles. The summed E-state index contributed by atoms with van der Waals surface area (Å²) in [6.45, 7) is 9.88. The number of allylic oxidation sites excluding steroid dienone is 3. The van der Waals surface area contributed by atoms with E-state index >= 15 is 0 Å². The van der Waals surface area contributed by atoms with Gasteiger partial charge in [-0.2, -0.15) is 0 Å². The second-order valence-electron chi connectivity index (χ2n) is 5.54. The van der Waals surface area contributed by atoms with Crippen LogP contribution in [0.3, 0.4) is 0 Å². The van der Waals surface area contributed by atoms with Crippen LogP contribution < -0.4 is 11.1 Å². The summed E-state index contributed by atoms with van der Waals surface area (Å²) in [5.41, 5.74) is 5.65. The number of nitrogens with zero attached hydrogens (tertiary/aromatic N) is 2. The number of methoxy groups -OCH3 is 2. The number of esters is 1. The van der Waals surface area contributed by atoms with Crippen LogP contribution in [-0.2, 0) is 14.3 Å². The zero-order chi connectivity index (χ0) is 24.5. The van der Waals surface area contributed by atoms with Crippen molar-refractivity contribution in [2.24, 2.45) is 11.7 Å². The molecular formula is C23H34N4O4S. The van der Waals surface area contributed by atoms with E-state index in [9.17, 15) is 9.59 Å². The van der Waals surface area contributed by atoms with E-state index in [-0.39, 0.29) is 16.7 Å². The molecule has 2 aromatic rings. The summed E-state index contributed by atoms with van der Waals surface area (Å²) in [6, 6.07) is 0. The van der Waals surface area contributed by atoms with Crippen molar-refractivity contribution in [2.75, 3.05) is 19.5 Å². The average Bonchev–Trinajstić information content (AvgIpc) is 3.24. The molecule has 1 aliphatic rings. The van der Waals surface area contributed by atoms with Crippen molar-refractivity contribution >= 4 is 39.2 Å². The Morgan fingerprint density at radius 3 is 2.38 bits per heavy atom. The summed E-state index contributed by atoms with van der Waals surface area (Å²) in [5.74, 6) is -0.539. The minimum atomic E-state index is -0.535. The molecule has 176 valence electrons. The molecule has 9 heteroatoms. The van der Waals surface area contributed by atoms with E-state index in [2.05, 4.69) is 15.3 Å². The molecule has 3 rings (SSSR count). The molecule has 2 aromatic heterocycles. The van der Waals surface area contributed by atoms with Crippen LogP contribution in [0.25, 0.3) is 10.3 Å². The van der Waals surface area contributed by atoms with Gasteiger partial charge < -0.3 is 20.5 Å². The summed E-state index contributed by atoms with van der Waals surface area (Å²) in [6.07, 6.45) is 12.3. The Morgan fingerprint density at radius 2 is 1.81 bits per heavy atom. The molecule has 0 fully saturated rings. The third-order valence-electron chi connectivity index (χ3n) is 3.75. The molecule has 0 saturated carbocycles. The number of anilines is 1. The Balaban J connectivity index is 0.00000106. The van der Waals surface area contributed by atoms with Gasteiger partial charge in [-0.05, 0) is 31.7 Å². The molecule has 3 N–H and O–H groups in total. The fourth-order valence-electron chi connectivity index (χ4n) is 2.37. The van der Waals surface area contributed by atoms with E-state index < -0.39 is 5.97 Å². The van der Waals surface area contributed by atoms with Crippen LogP contribution in [0.2, 0.25) is 0 Å². The third kappa shape index (κ3) is 8.14. The molecule has 1 unspecified atom stereocenters. The maximum absolute atomic E-state index is 12.6. The zero-order valence-electron chi connectivity index (χ0n) is 19.8. The van der Waals surface area contributed by atoms with Crippen LogP contribution in [0.1, 0.15) is 50.7 Å². The largest absolute Gasteiger partial charge is 0.497 e. The van der Waals surface area contributed by atoms with Crippen LogP contribution in [0.5, 0.6) is 0 Å². The van der Waals surface area contributed by atoms with E-state index in [1.54, 1.807) is 19.3 Å². The quantitative estimate of drug-likeness (QED) is 0.610. The van der Waals surface area contributed by atoms with Crippen molar-refractivity contribution in [2.45, 2.75) is 41.0 Å². The second kappa shape index (κ2) is 16.5. The van der Waals surface area contributed by atoms with E-state index in [1.165, 1.54) is 25.7 Å². The number of thiophene rings is 1. The number of aromatic nitrogens is 2. The van der Waals surface area contributed by atoms with Crippen molar-refractivity contribution in [3.63, 3.8) is 0 Å². The van der Waals surface area contributed by atoms with Crippen molar-refractivity contribution < 1.29 is 19.1 Å². The molecule has 1 aliphatic carbocycles. The standard InChI is InChI=1S/C16H15N3O4S.C3H7N.2C2H6/c1-22-10-5-3-4-9(8-10)14(20)19-11-12-15(18-7-6-17-12)24-13(11)16(21)23-2;1-2-3-4;2*1-2/h3,5-9H,4H2,1-2H3,(H,19,20);2-3H,4H2,1H3;2*1-2H3/b;3-2-;;.